The van der Waals surface area contributed by atoms with Crippen molar-refractivity contribution in [1.29, 1.82) is 0 Å². The van der Waals surface area contributed by atoms with Gasteiger partial charge in [0, 0.05) is 5.69 Å². The molecule has 0 atom stereocenters. The number of sulfone groups is 1. The molecule has 7 heteroatoms. The summed E-state index contributed by atoms with van der Waals surface area (Å²) in [5.74, 6) is 0.480. The molecule has 4 rings (SSSR count). The van der Waals surface area contributed by atoms with Crippen molar-refractivity contribution in [3.05, 3.63) is 77.6 Å². The van der Waals surface area contributed by atoms with E-state index in [1.807, 2.05) is 39.0 Å². The third-order valence-corrected chi connectivity index (χ3v) is 6.07. The van der Waals surface area contributed by atoms with E-state index in [1.165, 1.54) is 6.26 Å². The number of furan rings is 1. The highest BCUT2D eigenvalue weighted by atomic mass is 32.2. The number of hydrogen-bond donors (Lipinski definition) is 1. The predicted molar refractivity (Wildman–Crippen MR) is 110 cm³/mol. The molecule has 0 amide bonds. The average Bonchev–Trinajstić information content (AvgIpc) is 3.31. The largest absolute Gasteiger partial charge is 0.459 e. The summed E-state index contributed by atoms with van der Waals surface area (Å²) in [6.45, 7) is 5.84. The van der Waals surface area contributed by atoms with Crippen LogP contribution in [0.25, 0.3) is 11.7 Å². The van der Waals surface area contributed by atoms with Gasteiger partial charge in [0.2, 0.25) is 20.7 Å². The summed E-state index contributed by atoms with van der Waals surface area (Å²) in [7, 11) is -3.91. The zero-order valence-corrected chi connectivity index (χ0v) is 17.1. The minimum atomic E-state index is -3.91. The van der Waals surface area contributed by atoms with E-state index in [-0.39, 0.29) is 21.7 Å². The molecule has 2 aromatic carbocycles. The van der Waals surface area contributed by atoms with Crippen molar-refractivity contribution in [3.63, 3.8) is 0 Å². The van der Waals surface area contributed by atoms with Crippen LogP contribution in [-0.4, -0.2) is 13.4 Å². The Hall–Kier alpha value is -3.32. The molecule has 0 aliphatic carbocycles. The maximum atomic E-state index is 13.3. The van der Waals surface area contributed by atoms with Gasteiger partial charge in [-0.1, -0.05) is 23.8 Å². The summed E-state index contributed by atoms with van der Waals surface area (Å²) in [5.41, 5.74) is 3.77. The van der Waals surface area contributed by atoms with Crippen LogP contribution < -0.4 is 5.32 Å². The highest BCUT2D eigenvalue weighted by Gasteiger charge is 2.29. The van der Waals surface area contributed by atoms with Crippen LogP contribution in [-0.2, 0) is 9.84 Å². The lowest BCUT2D eigenvalue weighted by Gasteiger charge is -2.08. The van der Waals surface area contributed by atoms with Crippen LogP contribution in [0.4, 0.5) is 11.6 Å². The van der Waals surface area contributed by atoms with Gasteiger partial charge in [-0.2, -0.15) is 4.98 Å². The van der Waals surface area contributed by atoms with Gasteiger partial charge in [-0.25, -0.2) is 8.42 Å². The first-order valence-electron chi connectivity index (χ1n) is 9.05. The van der Waals surface area contributed by atoms with E-state index in [1.54, 1.807) is 36.4 Å². The number of oxazole rings is 1. The Labute approximate surface area is 169 Å². The van der Waals surface area contributed by atoms with Crippen molar-refractivity contribution >= 4 is 21.4 Å². The molecule has 0 aliphatic heterocycles. The topological polar surface area (TPSA) is 85.3 Å². The van der Waals surface area contributed by atoms with Crippen molar-refractivity contribution in [2.75, 3.05) is 5.32 Å². The molecule has 2 aromatic heterocycles. The number of aromatic nitrogens is 1. The van der Waals surface area contributed by atoms with Gasteiger partial charge in [0.15, 0.2) is 5.76 Å². The van der Waals surface area contributed by atoms with Gasteiger partial charge < -0.3 is 14.2 Å². The first-order chi connectivity index (χ1) is 13.8. The number of anilines is 2. The summed E-state index contributed by atoms with van der Waals surface area (Å²) in [6, 6.07) is 15.8. The Morgan fingerprint density at radius 1 is 0.897 bits per heavy atom. The predicted octanol–water partition coefficient (Wildman–Crippen LogP) is 5.44. The minimum absolute atomic E-state index is 0.0435. The quantitative estimate of drug-likeness (QED) is 0.473. The fourth-order valence-electron chi connectivity index (χ4n) is 3.08. The molecule has 0 bridgehead atoms. The minimum Gasteiger partial charge on any atom is -0.459 e. The molecule has 0 fully saturated rings. The van der Waals surface area contributed by atoms with Gasteiger partial charge >= 0.3 is 0 Å². The van der Waals surface area contributed by atoms with Crippen molar-refractivity contribution in [2.24, 2.45) is 0 Å². The van der Waals surface area contributed by atoms with Crippen molar-refractivity contribution in [1.82, 2.24) is 4.98 Å². The zero-order valence-electron chi connectivity index (χ0n) is 16.3. The van der Waals surface area contributed by atoms with Crippen LogP contribution >= 0.6 is 0 Å². The molecular formula is C22H20N2O4S. The Balaban J connectivity index is 1.84. The standard InChI is InChI=1S/C22H20N2O4S/c1-14-6-8-18(9-7-14)29(25,26)22-21(23-17-12-15(2)11-16(3)13-17)28-20(24-22)19-5-4-10-27-19/h4-13,23H,1-3H3. The van der Waals surface area contributed by atoms with Crippen LogP contribution in [0.1, 0.15) is 16.7 Å². The first kappa shape index (κ1) is 19.0. The Kier molecular flexibility index (Phi) is 4.76. The monoisotopic (exact) mass is 408 g/mol. The molecule has 4 aromatic rings. The fraction of sp³-hybridized carbons (Fsp3) is 0.136. The second kappa shape index (κ2) is 7.25. The summed E-state index contributed by atoms with van der Waals surface area (Å²) in [4.78, 5) is 4.40. The van der Waals surface area contributed by atoms with E-state index in [0.717, 1.165) is 16.7 Å². The molecule has 0 unspecified atom stereocenters. The van der Waals surface area contributed by atoms with Crippen molar-refractivity contribution < 1.29 is 17.3 Å². The first-order valence-corrected chi connectivity index (χ1v) is 10.5. The number of rotatable bonds is 5. The summed E-state index contributed by atoms with van der Waals surface area (Å²) < 4.78 is 37.7. The number of hydrogen-bond acceptors (Lipinski definition) is 6. The van der Waals surface area contributed by atoms with E-state index in [9.17, 15) is 8.42 Å². The number of nitrogens with one attached hydrogen (secondary N) is 1. The molecule has 0 aliphatic rings. The molecule has 6 nitrogen and oxygen atoms in total. The van der Waals surface area contributed by atoms with Gasteiger partial charge in [-0.05, 0) is 68.3 Å². The molecule has 2 heterocycles. The van der Waals surface area contributed by atoms with Crippen LogP contribution in [0, 0.1) is 20.8 Å². The van der Waals surface area contributed by atoms with Gasteiger partial charge in [-0.15, -0.1) is 0 Å². The second-order valence-corrected chi connectivity index (χ2v) is 8.81. The van der Waals surface area contributed by atoms with Crippen LogP contribution in [0.5, 0.6) is 0 Å². The summed E-state index contributed by atoms with van der Waals surface area (Å²) in [6.07, 6.45) is 1.48. The van der Waals surface area contributed by atoms with E-state index >= 15 is 0 Å². The van der Waals surface area contributed by atoms with Gasteiger partial charge in [0.25, 0.3) is 5.89 Å². The maximum Gasteiger partial charge on any atom is 0.266 e. The fourth-order valence-corrected chi connectivity index (χ4v) is 4.34. The SMILES string of the molecule is Cc1ccc(S(=O)(=O)c2nc(-c3ccco3)oc2Nc2cc(C)cc(C)c2)cc1. The third-order valence-electron chi connectivity index (χ3n) is 4.39. The molecule has 29 heavy (non-hydrogen) atoms. The smallest absolute Gasteiger partial charge is 0.266 e. The molecule has 1 N–H and O–H groups in total. The van der Waals surface area contributed by atoms with Gasteiger partial charge in [0.05, 0.1) is 11.2 Å². The lowest BCUT2D eigenvalue weighted by Crippen LogP contribution is -2.05. The Morgan fingerprint density at radius 2 is 1.59 bits per heavy atom. The molecule has 0 radical (unpaired) electrons. The van der Waals surface area contributed by atoms with E-state index in [4.69, 9.17) is 8.83 Å². The van der Waals surface area contributed by atoms with Crippen molar-refractivity contribution in [3.8, 4) is 11.7 Å². The molecule has 0 saturated heterocycles. The Morgan fingerprint density at radius 3 is 2.21 bits per heavy atom. The average molecular weight is 408 g/mol. The van der Waals surface area contributed by atoms with Crippen LogP contribution in [0.2, 0.25) is 0 Å². The number of nitrogens with zero attached hydrogens (tertiary/aromatic N) is 1. The summed E-state index contributed by atoms with van der Waals surface area (Å²) in [5, 5.41) is 2.89. The Bertz CT molecular complexity index is 1230. The van der Waals surface area contributed by atoms with E-state index in [0.29, 0.717) is 11.4 Å². The van der Waals surface area contributed by atoms with Crippen LogP contribution in [0.15, 0.2) is 79.6 Å². The molecule has 0 spiro atoms. The number of benzene rings is 2. The number of aryl methyl sites for hydroxylation is 3. The highest BCUT2D eigenvalue weighted by Crippen LogP contribution is 2.34. The highest BCUT2D eigenvalue weighted by molar-refractivity contribution is 7.91. The normalized spacial score (nSPS) is 11.6. The second-order valence-electron chi connectivity index (χ2n) is 6.95. The van der Waals surface area contributed by atoms with Crippen molar-refractivity contribution in [2.45, 2.75) is 30.7 Å². The van der Waals surface area contributed by atoms with E-state index in [2.05, 4.69) is 10.3 Å². The lowest BCUT2D eigenvalue weighted by atomic mass is 10.1. The third kappa shape index (κ3) is 3.82. The van der Waals surface area contributed by atoms with Gasteiger partial charge in [-0.3, -0.25) is 0 Å². The molecule has 0 saturated carbocycles. The van der Waals surface area contributed by atoms with Gasteiger partial charge in [0.1, 0.15) is 0 Å². The zero-order chi connectivity index (χ0) is 20.6. The summed E-state index contributed by atoms with van der Waals surface area (Å²) >= 11 is 0. The maximum absolute atomic E-state index is 13.3. The lowest BCUT2D eigenvalue weighted by molar-refractivity contribution is 0.524. The van der Waals surface area contributed by atoms with E-state index < -0.39 is 9.84 Å². The van der Waals surface area contributed by atoms with Crippen LogP contribution in [0.3, 0.4) is 0 Å². The molecule has 148 valence electrons. The molecular weight excluding hydrogens is 388 g/mol.